The summed E-state index contributed by atoms with van der Waals surface area (Å²) in [6.45, 7) is 6.36. The predicted octanol–water partition coefficient (Wildman–Crippen LogP) is 4.01. The molecule has 0 heterocycles. The van der Waals surface area contributed by atoms with Gasteiger partial charge in [0.05, 0.1) is 0 Å². The van der Waals surface area contributed by atoms with Crippen molar-refractivity contribution in [3.63, 3.8) is 0 Å². The first-order valence-electron chi connectivity index (χ1n) is 4.90. The molecule has 0 atom stereocenters. The molecule has 0 spiro atoms. The zero-order valence-corrected chi connectivity index (χ0v) is 8.67. The molecule has 2 rings (SSSR count). The van der Waals surface area contributed by atoms with Crippen molar-refractivity contribution < 1.29 is 0 Å². The Hall–Kier alpha value is -1.04. The lowest BCUT2D eigenvalue weighted by Gasteiger charge is -1.93. The lowest BCUT2D eigenvalue weighted by molar-refractivity contribution is 1.09. The van der Waals surface area contributed by atoms with Gasteiger partial charge in [-0.05, 0) is 18.1 Å². The van der Waals surface area contributed by atoms with E-state index in [9.17, 15) is 0 Å². The van der Waals surface area contributed by atoms with E-state index in [0.717, 1.165) is 0 Å². The Labute approximate surface area is 81.3 Å². The maximum Gasteiger partial charge on any atom is 0.0131 e. The zero-order valence-electron chi connectivity index (χ0n) is 8.67. The van der Waals surface area contributed by atoms with E-state index in [1.54, 1.807) is 0 Å². The first-order valence-corrected chi connectivity index (χ1v) is 4.90. The summed E-state index contributed by atoms with van der Waals surface area (Å²) in [5.41, 5.74) is 4.04. The average molecular weight is 173 g/mol. The van der Waals surface area contributed by atoms with Crippen LogP contribution in [0.15, 0.2) is 30.3 Å². The van der Waals surface area contributed by atoms with Crippen LogP contribution in [0.5, 0.6) is 0 Å². The number of aryl methyl sites for hydroxylation is 1. The maximum absolute atomic E-state index is 2.16. The highest BCUT2D eigenvalue weighted by Crippen LogP contribution is 2.29. The number of benzene rings is 1. The Balaban J connectivity index is 0.000000251. The minimum atomic E-state index is 1.25. The molecule has 0 aromatic heterocycles. The van der Waals surface area contributed by atoms with Crippen molar-refractivity contribution in [2.75, 3.05) is 0 Å². The highest BCUT2D eigenvalue weighted by Gasteiger charge is 2.08. The van der Waals surface area contributed by atoms with Crippen LogP contribution in [0.1, 0.15) is 31.4 Å². The van der Waals surface area contributed by atoms with Crippen LogP contribution in [0.3, 0.4) is 0 Å². The summed E-state index contributed by atoms with van der Waals surface area (Å²) in [5, 5.41) is 0. The molecule has 0 heteroatoms. The number of allylic oxidation sites excluding steroid dienone is 2. The summed E-state index contributed by atoms with van der Waals surface area (Å²) >= 11 is 0. The third kappa shape index (κ3) is 3.45. The van der Waals surface area contributed by atoms with E-state index in [1.807, 2.05) is 0 Å². The van der Waals surface area contributed by atoms with E-state index >= 15 is 0 Å². The molecule has 1 aromatic rings. The summed E-state index contributed by atoms with van der Waals surface area (Å²) in [4.78, 5) is 0. The number of hydrogen-bond acceptors (Lipinski definition) is 0. The molecule has 0 saturated heterocycles. The van der Waals surface area contributed by atoms with Gasteiger partial charge in [0.1, 0.15) is 0 Å². The fraction of sp³-hybridized carbons (Fsp3) is 0.308. The van der Waals surface area contributed by atoms with Crippen molar-refractivity contribution in [1.82, 2.24) is 0 Å². The molecule has 69 valence electrons. The molecule has 1 aromatic carbocycles. The summed E-state index contributed by atoms with van der Waals surface area (Å²) in [6, 6.07) is 8.60. The Bertz CT molecular complexity index is 277. The quantitative estimate of drug-likeness (QED) is 0.602. The SMILES string of the molecule is CCC.Cc1ccc(C2=C[CH]2)cc1. The van der Waals surface area contributed by atoms with Gasteiger partial charge in [0.2, 0.25) is 0 Å². The summed E-state index contributed by atoms with van der Waals surface area (Å²) in [7, 11) is 0. The van der Waals surface area contributed by atoms with Crippen molar-refractivity contribution in [1.29, 1.82) is 0 Å². The van der Waals surface area contributed by atoms with Crippen LogP contribution in [0.25, 0.3) is 5.57 Å². The lowest BCUT2D eigenvalue weighted by Crippen LogP contribution is -1.73. The zero-order chi connectivity index (χ0) is 9.68. The van der Waals surface area contributed by atoms with Crippen LogP contribution in [0, 0.1) is 13.3 Å². The molecule has 0 bridgehead atoms. The van der Waals surface area contributed by atoms with E-state index in [4.69, 9.17) is 0 Å². The Kier molecular flexibility index (Phi) is 3.75. The third-order valence-corrected chi connectivity index (χ3v) is 1.72. The molecule has 1 aliphatic carbocycles. The molecular formula is C13H17. The van der Waals surface area contributed by atoms with Gasteiger partial charge in [-0.15, -0.1) is 0 Å². The second-order valence-electron chi connectivity index (χ2n) is 3.36. The van der Waals surface area contributed by atoms with Crippen LogP contribution in [-0.2, 0) is 0 Å². The van der Waals surface area contributed by atoms with Crippen LogP contribution >= 0.6 is 0 Å². The van der Waals surface area contributed by atoms with Gasteiger partial charge in [0.25, 0.3) is 0 Å². The summed E-state index contributed by atoms with van der Waals surface area (Å²) in [6.07, 6.45) is 5.51. The van der Waals surface area contributed by atoms with Crippen molar-refractivity contribution in [2.45, 2.75) is 27.2 Å². The van der Waals surface area contributed by atoms with Crippen molar-refractivity contribution in [3.05, 3.63) is 47.9 Å². The molecule has 0 fully saturated rings. The summed E-state index contributed by atoms with van der Waals surface area (Å²) < 4.78 is 0. The molecule has 0 aliphatic heterocycles. The second-order valence-corrected chi connectivity index (χ2v) is 3.36. The smallest absolute Gasteiger partial charge is 0.0131 e. The van der Waals surface area contributed by atoms with Crippen LogP contribution in [-0.4, -0.2) is 0 Å². The molecule has 0 saturated carbocycles. The molecule has 0 unspecified atom stereocenters. The van der Waals surface area contributed by atoms with Gasteiger partial charge in [0, 0.05) is 6.42 Å². The molecular weight excluding hydrogens is 156 g/mol. The highest BCUT2D eigenvalue weighted by molar-refractivity contribution is 5.87. The van der Waals surface area contributed by atoms with Gasteiger partial charge < -0.3 is 0 Å². The minimum absolute atomic E-state index is 1.25. The average Bonchev–Trinajstić information content (AvgIpc) is 2.90. The maximum atomic E-state index is 2.16. The van der Waals surface area contributed by atoms with Gasteiger partial charge in [-0.3, -0.25) is 0 Å². The van der Waals surface area contributed by atoms with E-state index in [1.165, 1.54) is 23.1 Å². The molecule has 13 heavy (non-hydrogen) atoms. The van der Waals surface area contributed by atoms with E-state index in [0.29, 0.717) is 0 Å². The van der Waals surface area contributed by atoms with E-state index in [2.05, 4.69) is 57.5 Å². The van der Waals surface area contributed by atoms with Crippen molar-refractivity contribution >= 4 is 5.57 Å². The van der Waals surface area contributed by atoms with E-state index in [-0.39, 0.29) is 0 Å². The van der Waals surface area contributed by atoms with E-state index < -0.39 is 0 Å². The molecule has 0 nitrogen and oxygen atoms in total. The van der Waals surface area contributed by atoms with Gasteiger partial charge in [-0.1, -0.05) is 56.2 Å². The van der Waals surface area contributed by atoms with Gasteiger partial charge in [0.15, 0.2) is 0 Å². The van der Waals surface area contributed by atoms with Gasteiger partial charge in [-0.25, -0.2) is 0 Å². The second kappa shape index (κ2) is 4.86. The number of hydrogen-bond donors (Lipinski definition) is 0. The number of rotatable bonds is 1. The fourth-order valence-electron chi connectivity index (χ4n) is 0.980. The predicted molar refractivity (Wildman–Crippen MR) is 59.4 cm³/mol. The largest absolute Gasteiger partial charge is 0.0716 e. The topological polar surface area (TPSA) is 0 Å². The van der Waals surface area contributed by atoms with Gasteiger partial charge in [-0.2, -0.15) is 0 Å². The monoisotopic (exact) mass is 173 g/mol. The Morgan fingerprint density at radius 3 is 1.85 bits per heavy atom. The normalized spacial score (nSPS) is 12.7. The Morgan fingerprint density at radius 1 is 1.00 bits per heavy atom. The molecule has 1 radical (unpaired) electrons. The van der Waals surface area contributed by atoms with Crippen molar-refractivity contribution in [2.24, 2.45) is 0 Å². The lowest BCUT2D eigenvalue weighted by atomic mass is 10.1. The summed E-state index contributed by atoms with van der Waals surface area (Å²) in [5.74, 6) is 0. The molecule has 0 amide bonds. The fourth-order valence-corrected chi connectivity index (χ4v) is 0.980. The van der Waals surface area contributed by atoms with Crippen LogP contribution in [0.2, 0.25) is 0 Å². The minimum Gasteiger partial charge on any atom is -0.0716 e. The van der Waals surface area contributed by atoms with Crippen LogP contribution in [0.4, 0.5) is 0 Å². The standard InChI is InChI=1S/C10H9.C3H8/c1-8-2-4-9(5-3-8)10-6-7-10;1-3-2/h2-7H,1H3;3H2,1-2H3. The highest BCUT2D eigenvalue weighted by atomic mass is 14.1. The molecule has 0 N–H and O–H groups in total. The van der Waals surface area contributed by atoms with Gasteiger partial charge >= 0.3 is 0 Å². The van der Waals surface area contributed by atoms with Crippen molar-refractivity contribution in [3.8, 4) is 0 Å². The first kappa shape index (κ1) is 10.0. The molecule has 1 aliphatic rings. The Morgan fingerprint density at radius 2 is 1.46 bits per heavy atom. The third-order valence-electron chi connectivity index (χ3n) is 1.72. The first-order chi connectivity index (χ1) is 6.27. The van der Waals surface area contributed by atoms with Crippen LogP contribution < -0.4 is 0 Å².